The first kappa shape index (κ1) is 23.0. The fourth-order valence-electron chi connectivity index (χ4n) is 7.39. The zero-order chi connectivity index (χ0) is 23.2. The number of hydrogen-bond donors (Lipinski definition) is 1. The average molecular weight is 460 g/mol. The summed E-state index contributed by atoms with van der Waals surface area (Å²) in [5.74, 6) is -8.04. The van der Waals surface area contributed by atoms with Crippen LogP contribution in [-0.2, 0) is 4.79 Å². The van der Waals surface area contributed by atoms with Gasteiger partial charge >= 0.3 is 18.3 Å². The number of rotatable bonds is 1. The predicted molar refractivity (Wildman–Crippen MR) is 93.0 cm³/mol. The van der Waals surface area contributed by atoms with Crippen molar-refractivity contribution < 1.29 is 45.0 Å². The Hall–Kier alpha value is -1.19. The summed E-state index contributed by atoms with van der Waals surface area (Å²) in [4.78, 5) is 12.0. The molecule has 0 aromatic carbocycles. The molecule has 4 aliphatic carbocycles. The summed E-state index contributed by atoms with van der Waals surface area (Å²) < 4.78 is 109. The van der Waals surface area contributed by atoms with Crippen molar-refractivity contribution >= 4 is 5.78 Å². The van der Waals surface area contributed by atoms with Crippen LogP contribution in [-0.4, -0.2) is 34.8 Å². The Morgan fingerprint density at radius 1 is 0.871 bits per heavy atom. The van der Waals surface area contributed by atoms with Gasteiger partial charge in [0, 0.05) is 11.8 Å². The Morgan fingerprint density at radius 2 is 1.52 bits per heavy atom. The van der Waals surface area contributed by atoms with Crippen LogP contribution in [0.4, 0.5) is 35.1 Å². The number of allylic oxidation sites excluding steroid dienone is 1. The fourth-order valence-corrected chi connectivity index (χ4v) is 7.39. The van der Waals surface area contributed by atoms with Gasteiger partial charge in [-0.25, -0.2) is 0 Å². The number of carbonyl (C=O) groups is 1. The van der Waals surface area contributed by atoms with E-state index in [9.17, 15) is 45.0 Å². The first-order valence-corrected chi connectivity index (χ1v) is 10.6. The number of ketones is 1. The highest BCUT2D eigenvalue weighted by atomic mass is 19.4. The summed E-state index contributed by atoms with van der Waals surface area (Å²) in [6.45, 7) is 1.28. The van der Waals surface area contributed by atoms with E-state index in [1.165, 1.54) is 6.92 Å². The summed E-state index contributed by atoms with van der Waals surface area (Å²) in [6, 6.07) is 0. The minimum absolute atomic E-state index is 0.0207. The van der Waals surface area contributed by atoms with Crippen LogP contribution < -0.4 is 0 Å². The average Bonchev–Trinajstić information content (AvgIpc) is 2.92. The number of Topliss-reactive ketones (excluding diaryl/α,β-unsaturated/α-hetero) is 1. The molecule has 3 fully saturated rings. The van der Waals surface area contributed by atoms with E-state index in [1.807, 2.05) is 0 Å². The lowest BCUT2D eigenvalue weighted by Gasteiger charge is -2.56. The van der Waals surface area contributed by atoms with Crippen LogP contribution in [0.1, 0.15) is 58.3 Å². The van der Waals surface area contributed by atoms with E-state index in [0.717, 1.165) is 0 Å². The molecule has 1 N–H and O–H groups in total. The number of halogens is 8. The van der Waals surface area contributed by atoms with Crippen LogP contribution in [0, 0.1) is 29.1 Å². The second kappa shape index (κ2) is 6.67. The Kier molecular flexibility index (Phi) is 4.94. The van der Waals surface area contributed by atoms with Crippen molar-refractivity contribution in [1.29, 1.82) is 0 Å². The minimum Gasteiger partial charge on any atom is -0.383 e. The van der Waals surface area contributed by atoms with Crippen LogP contribution in [0.25, 0.3) is 0 Å². The molecule has 0 aromatic rings. The quantitative estimate of drug-likeness (QED) is 0.488. The van der Waals surface area contributed by atoms with E-state index in [-0.39, 0.29) is 62.4 Å². The zero-order valence-electron chi connectivity index (χ0n) is 16.8. The molecule has 4 aliphatic rings. The molecule has 10 heteroatoms. The lowest BCUT2D eigenvalue weighted by Crippen LogP contribution is -2.65. The zero-order valence-corrected chi connectivity index (χ0v) is 16.8. The van der Waals surface area contributed by atoms with Crippen molar-refractivity contribution in [2.24, 2.45) is 29.1 Å². The van der Waals surface area contributed by atoms with E-state index >= 15 is 0 Å². The third-order valence-electron chi connectivity index (χ3n) is 8.80. The maximum absolute atomic E-state index is 14.4. The van der Waals surface area contributed by atoms with E-state index in [1.54, 1.807) is 0 Å². The van der Waals surface area contributed by atoms with Gasteiger partial charge in [-0.05, 0) is 68.6 Å². The lowest BCUT2D eigenvalue weighted by atomic mass is 9.49. The molecule has 0 radical (unpaired) electrons. The first-order valence-electron chi connectivity index (χ1n) is 10.6. The molecule has 31 heavy (non-hydrogen) atoms. The van der Waals surface area contributed by atoms with Gasteiger partial charge in [0.15, 0.2) is 5.78 Å². The van der Waals surface area contributed by atoms with E-state index in [4.69, 9.17) is 0 Å². The minimum atomic E-state index is -5.90. The maximum Gasteiger partial charge on any atom is 0.456 e. The maximum atomic E-state index is 14.4. The lowest BCUT2D eigenvalue weighted by molar-refractivity contribution is -0.363. The summed E-state index contributed by atoms with van der Waals surface area (Å²) >= 11 is 0. The summed E-state index contributed by atoms with van der Waals surface area (Å²) in [5.41, 5.74) is -5.96. The van der Waals surface area contributed by atoms with Gasteiger partial charge in [-0.3, -0.25) is 4.79 Å². The molecule has 0 bridgehead atoms. The number of hydrogen-bond acceptors (Lipinski definition) is 2. The van der Waals surface area contributed by atoms with Crippen LogP contribution in [0.3, 0.4) is 0 Å². The molecule has 0 aliphatic heterocycles. The molecule has 4 unspecified atom stereocenters. The molecule has 0 spiro atoms. The number of aliphatic hydroxyl groups is 1. The Balaban J connectivity index is 1.69. The second-order valence-electron chi connectivity index (χ2n) is 9.87. The predicted octanol–water partition coefficient (Wildman–Crippen LogP) is 5.99. The molecule has 176 valence electrons. The molecule has 0 amide bonds. The Labute approximate surface area is 174 Å². The van der Waals surface area contributed by atoms with Gasteiger partial charge in [-0.15, -0.1) is 0 Å². The highest BCUT2D eigenvalue weighted by Crippen LogP contribution is 2.69. The van der Waals surface area contributed by atoms with Crippen molar-refractivity contribution in [2.75, 3.05) is 0 Å². The van der Waals surface area contributed by atoms with E-state index in [2.05, 4.69) is 0 Å². The first-order chi connectivity index (χ1) is 14.1. The third kappa shape index (κ3) is 2.95. The molecule has 6 atom stereocenters. The Morgan fingerprint density at radius 3 is 2.10 bits per heavy atom. The third-order valence-corrected chi connectivity index (χ3v) is 8.80. The molecule has 4 rings (SSSR count). The topological polar surface area (TPSA) is 37.3 Å². The SMILES string of the molecule is C[C@]12CCC3C4CCC(=O)C(C(F)(F)F)=C4CCC3C1CC[C@@]2(O)C(F)(F)C(F)(F)F. The van der Waals surface area contributed by atoms with Crippen LogP contribution >= 0.6 is 0 Å². The van der Waals surface area contributed by atoms with Crippen LogP contribution in [0.15, 0.2) is 11.1 Å². The number of alkyl halides is 8. The largest absolute Gasteiger partial charge is 0.456 e. The highest BCUT2D eigenvalue weighted by molar-refractivity contribution is 5.98. The Bertz CT molecular complexity index is 813. The smallest absolute Gasteiger partial charge is 0.383 e. The van der Waals surface area contributed by atoms with Gasteiger partial charge in [-0.1, -0.05) is 12.5 Å². The van der Waals surface area contributed by atoms with Crippen LogP contribution in [0.5, 0.6) is 0 Å². The van der Waals surface area contributed by atoms with Crippen molar-refractivity contribution in [3.8, 4) is 0 Å². The van der Waals surface area contributed by atoms with Gasteiger partial charge < -0.3 is 5.11 Å². The van der Waals surface area contributed by atoms with Crippen molar-refractivity contribution in [3.05, 3.63) is 11.1 Å². The monoisotopic (exact) mass is 460 g/mol. The number of carbonyl (C=O) groups excluding carboxylic acids is 1. The molecule has 2 nitrogen and oxygen atoms in total. The summed E-state index contributed by atoms with van der Waals surface area (Å²) in [5, 5.41) is 10.7. The van der Waals surface area contributed by atoms with Crippen molar-refractivity contribution in [1.82, 2.24) is 0 Å². The van der Waals surface area contributed by atoms with Gasteiger partial charge in [-0.2, -0.15) is 35.1 Å². The highest BCUT2D eigenvalue weighted by Gasteiger charge is 2.78. The summed E-state index contributed by atoms with van der Waals surface area (Å²) in [7, 11) is 0. The fraction of sp³-hybridized carbons (Fsp3) is 0.857. The van der Waals surface area contributed by atoms with E-state index in [0.29, 0.717) is 0 Å². The van der Waals surface area contributed by atoms with Crippen molar-refractivity contribution in [2.45, 2.75) is 82.2 Å². The van der Waals surface area contributed by atoms with Gasteiger partial charge in [0.25, 0.3) is 0 Å². The molecule has 0 saturated heterocycles. The molecule has 3 saturated carbocycles. The van der Waals surface area contributed by atoms with Gasteiger partial charge in [0.05, 0.1) is 5.57 Å². The number of fused-ring (bicyclic) bond motifs is 5. The van der Waals surface area contributed by atoms with Gasteiger partial charge in [0.2, 0.25) is 0 Å². The molecular weight excluding hydrogens is 436 g/mol. The van der Waals surface area contributed by atoms with Crippen LogP contribution in [0.2, 0.25) is 0 Å². The second-order valence-corrected chi connectivity index (χ2v) is 9.87. The summed E-state index contributed by atoms with van der Waals surface area (Å²) in [6.07, 6.45) is -11.2. The standard InChI is InChI=1S/C21H24F8O2/c1-17-8-6-11-10-4-5-15(30)16(19(22,23)24)13(10)3-2-12(11)14(17)7-9-18(17,31)20(25,26)21(27,28)29/h10-12,14,31H,2-9H2,1H3/t10?,11?,12?,14?,17-,18-/m0/s1. The van der Waals surface area contributed by atoms with E-state index < -0.39 is 58.9 Å². The molecular formula is C21H24F8O2. The van der Waals surface area contributed by atoms with Crippen molar-refractivity contribution in [3.63, 3.8) is 0 Å². The normalized spacial score (nSPS) is 41.7. The van der Waals surface area contributed by atoms with Gasteiger partial charge in [0.1, 0.15) is 5.60 Å². The molecule has 0 heterocycles. The molecule has 0 aromatic heterocycles.